The van der Waals surface area contributed by atoms with Crippen LogP contribution >= 0.6 is 0 Å². The van der Waals surface area contributed by atoms with E-state index in [0.29, 0.717) is 32.6 Å². The number of carbonyl (C=O) groups excluding carboxylic acids is 2. The first kappa shape index (κ1) is 38.0. The summed E-state index contributed by atoms with van der Waals surface area (Å²) in [4.78, 5) is 29.0. The van der Waals surface area contributed by atoms with E-state index in [9.17, 15) is 14.7 Å². The molecule has 2 unspecified atom stereocenters. The van der Waals surface area contributed by atoms with Crippen LogP contribution in [-0.4, -0.2) is 65.2 Å². The Morgan fingerprint density at radius 3 is 1.65 bits per heavy atom. The molecule has 0 aliphatic carbocycles. The summed E-state index contributed by atoms with van der Waals surface area (Å²) in [6.45, 7) is 11.6. The lowest BCUT2D eigenvalue weighted by molar-refractivity contribution is -0.127. The quantitative estimate of drug-likeness (QED) is 0.154. The molecule has 256 valence electrons. The van der Waals surface area contributed by atoms with Gasteiger partial charge in [0.05, 0.1) is 6.10 Å². The van der Waals surface area contributed by atoms with Crippen molar-refractivity contribution in [2.75, 3.05) is 26.2 Å². The molecule has 3 N–H and O–H groups in total. The fraction of sp³-hybridized carbons (Fsp3) is 0.366. The summed E-state index contributed by atoms with van der Waals surface area (Å²) in [6.07, 6.45) is 0.700. The molecule has 1 saturated heterocycles. The first-order valence-electron chi connectivity index (χ1n) is 17.1. The zero-order valence-corrected chi connectivity index (χ0v) is 29.1. The number of hydrogen-bond donors (Lipinski definition) is 3. The fourth-order valence-electron chi connectivity index (χ4n) is 5.51. The van der Waals surface area contributed by atoms with Crippen LogP contribution in [0.2, 0.25) is 0 Å². The van der Waals surface area contributed by atoms with Gasteiger partial charge in [-0.05, 0) is 43.7 Å². The van der Waals surface area contributed by atoms with Crippen LogP contribution in [0.3, 0.4) is 0 Å². The molecule has 7 nitrogen and oxygen atoms in total. The minimum absolute atomic E-state index is 0.000935. The highest BCUT2D eigenvalue weighted by molar-refractivity contribution is 5.87. The Hall–Kier alpha value is -4.46. The lowest BCUT2D eigenvalue weighted by Crippen LogP contribution is -2.58. The highest BCUT2D eigenvalue weighted by Gasteiger charge is 2.33. The Morgan fingerprint density at radius 1 is 0.792 bits per heavy atom. The maximum absolute atomic E-state index is 12.9. The van der Waals surface area contributed by atoms with Crippen LogP contribution in [0.15, 0.2) is 121 Å². The van der Waals surface area contributed by atoms with Gasteiger partial charge in [0.15, 0.2) is 0 Å². The monoisotopic (exact) mass is 650 g/mol. The molecule has 2 atom stereocenters. The van der Waals surface area contributed by atoms with Gasteiger partial charge in [-0.15, -0.1) is 0 Å². The minimum Gasteiger partial charge on any atom is -0.392 e. The molecule has 48 heavy (non-hydrogen) atoms. The Kier molecular flexibility index (Phi) is 17.0. The summed E-state index contributed by atoms with van der Waals surface area (Å²) >= 11 is 0. The number of urea groups is 1. The summed E-state index contributed by atoms with van der Waals surface area (Å²) in [6, 6.07) is 40.3. The van der Waals surface area contributed by atoms with Crippen molar-refractivity contribution in [1.29, 1.82) is 0 Å². The smallest absolute Gasteiger partial charge is 0.318 e. The van der Waals surface area contributed by atoms with Crippen LogP contribution in [-0.2, 0) is 17.9 Å². The van der Waals surface area contributed by atoms with Crippen molar-refractivity contribution in [3.8, 4) is 0 Å². The maximum atomic E-state index is 12.9. The zero-order chi connectivity index (χ0) is 34.6. The van der Waals surface area contributed by atoms with Gasteiger partial charge in [0.2, 0.25) is 5.91 Å². The molecule has 7 heteroatoms. The fourth-order valence-corrected chi connectivity index (χ4v) is 5.51. The average molecular weight is 651 g/mol. The molecule has 1 fully saturated rings. The zero-order valence-electron chi connectivity index (χ0n) is 29.1. The molecule has 1 heterocycles. The summed E-state index contributed by atoms with van der Waals surface area (Å²) in [7, 11) is 0. The third-order valence-corrected chi connectivity index (χ3v) is 7.97. The second-order valence-electron chi connectivity index (χ2n) is 12.7. The van der Waals surface area contributed by atoms with Crippen molar-refractivity contribution in [2.45, 2.75) is 65.8 Å². The Labute approximate surface area is 288 Å². The number of aliphatic hydroxyl groups is 1. The van der Waals surface area contributed by atoms with Crippen LogP contribution in [0.5, 0.6) is 0 Å². The minimum atomic E-state index is -0.580. The number of nitrogens with zero attached hydrogens (tertiary/aromatic N) is 2. The van der Waals surface area contributed by atoms with Crippen molar-refractivity contribution < 1.29 is 14.7 Å². The van der Waals surface area contributed by atoms with Crippen LogP contribution in [0.25, 0.3) is 0 Å². The number of rotatable bonds is 12. The van der Waals surface area contributed by atoms with Gasteiger partial charge in [0.1, 0.15) is 6.04 Å². The summed E-state index contributed by atoms with van der Waals surface area (Å²) in [5.41, 5.74) is 5.03. The Balaban J connectivity index is 0.000000364. The van der Waals surface area contributed by atoms with Crippen LogP contribution < -0.4 is 10.6 Å². The van der Waals surface area contributed by atoms with Crippen molar-refractivity contribution in [1.82, 2.24) is 20.4 Å². The molecule has 4 aromatic carbocycles. The number of amides is 3. The number of aliphatic hydroxyl groups excluding tert-OH is 1. The highest BCUT2D eigenvalue weighted by Crippen LogP contribution is 2.15. The Bertz CT molecular complexity index is 1360. The van der Waals surface area contributed by atoms with E-state index in [0.717, 1.165) is 19.5 Å². The molecule has 0 saturated carbocycles. The summed E-state index contributed by atoms with van der Waals surface area (Å²) in [5.74, 6) is -0.161. The predicted octanol–water partition coefficient (Wildman–Crippen LogP) is 6.99. The molecule has 0 bridgehead atoms. The number of benzene rings is 4. The highest BCUT2D eigenvalue weighted by atomic mass is 16.3. The molecule has 0 radical (unpaired) electrons. The van der Waals surface area contributed by atoms with Crippen molar-refractivity contribution in [3.05, 3.63) is 144 Å². The third-order valence-electron chi connectivity index (χ3n) is 7.97. The van der Waals surface area contributed by atoms with Crippen molar-refractivity contribution >= 4 is 11.9 Å². The van der Waals surface area contributed by atoms with Crippen LogP contribution in [0, 0.1) is 19.8 Å². The lowest BCUT2D eigenvalue weighted by Gasteiger charge is -2.36. The molecular weight excluding hydrogens is 596 g/mol. The Morgan fingerprint density at radius 2 is 1.25 bits per heavy atom. The van der Waals surface area contributed by atoms with Gasteiger partial charge in [0.25, 0.3) is 0 Å². The number of hydrogen-bond acceptors (Lipinski definition) is 4. The van der Waals surface area contributed by atoms with E-state index in [-0.39, 0.29) is 17.9 Å². The van der Waals surface area contributed by atoms with Gasteiger partial charge >= 0.3 is 6.03 Å². The largest absolute Gasteiger partial charge is 0.392 e. The lowest BCUT2D eigenvalue weighted by atomic mass is 10.0. The van der Waals surface area contributed by atoms with Crippen molar-refractivity contribution in [3.63, 3.8) is 0 Å². The SMILES string of the molecule is CC(C)C(C(=O)NCCC(O)CN(Cc1ccccc1)Cc1ccccc1)N1CCCNC1=O.Cc1ccccc1.Cc1ccccc1. The first-order valence-corrected chi connectivity index (χ1v) is 17.1. The van der Waals surface area contributed by atoms with E-state index in [2.05, 4.69) is 77.9 Å². The molecule has 5 rings (SSSR count). The van der Waals surface area contributed by atoms with E-state index in [1.807, 2.05) is 86.6 Å². The van der Waals surface area contributed by atoms with Gasteiger partial charge in [-0.2, -0.15) is 0 Å². The van der Waals surface area contributed by atoms with Gasteiger partial charge in [0, 0.05) is 39.3 Å². The molecule has 4 aromatic rings. The van der Waals surface area contributed by atoms with Gasteiger partial charge in [-0.3, -0.25) is 9.69 Å². The second-order valence-corrected chi connectivity index (χ2v) is 12.7. The van der Waals surface area contributed by atoms with Crippen molar-refractivity contribution in [2.24, 2.45) is 5.92 Å². The van der Waals surface area contributed by atoms with Gasteiger partial charge in [-0.1, -0.05) is 146 Å². The maximum Gasteiger partial charge on any atom is 0.318 e. The molecule has 0 aromatic heterocycles. The second kappa shape index (κ2) is 21.4. The van der Waals surface area contributed by atoms with E-state index in [1.165, 1.54) is 22.3 Å². The van der Waals surface area contributed by atoms with E-state index >= 15 is 0 Å². The summed E-state index contributed by atoms with van der Waals surface area (Å²) < 4.78 is 0. The first-order chi connectivity index (χ1) is 23.2. The molecule has 3 amide bonds. The summed E-state index contributed by atoms with van der Waals surface area (Å²) in [5, 5.41) is 16.5. The van der Waals surface area contributed by atoms with E-state index < -0.39 is 12.1 Å². The molecular formula is C41H54N4O3. The third kappa shape index (κ3) is 14.5. The standard InChI is InChI=1S/C27H38N4O3.2C7H8/c1-21(2)25(31-17-9-15-29-27(31)34)26(33)28-16-14-24(32)20-30(18-22-10-5-3-6-11-22)19-23-12-7-4-8-13-23;2*1-7-5-3-2-4-6-7/h3-8,10-13,21,24-25,32H,9,14-20H2,1-2H3,(H,28,33)(H,29,34);2*2-6H,1H3. The van der Waals surface area contributed by atoms with Crippen LogP contribution in [0.1, 0.15) is 48.9 Å². The number of aryl methyl sites for hydroxylation is 2. The molecule has 0 spiro atoms. The van der Waals surface area contributed by atoms with Gasteiger partial charge < -0.3 is 20.6 Å². The van der Waals surface area contributed by atoms with Crippen LogP contribution in [0.4, 0.5) is 4.79 Å². The average Bonchev–Trinajstić information content (AvgIpc) is 3.08. The van der Waals surface area contributed by atoms with E-state index in [1.54, 1.807) is 4.90 Å². The predicted molar refractivity (Wildman–Crippen MR) is 196 cm³/mol. The molecule has 1 aliphatic heterocycles. The number of carbonyl (C=O) groups is 2. The molecule has 1 aliphatic rings. The van der Waals surface area contributed by atoms with Gasteiger partial charge in [-0.25, -0.2) is 4.79 Å². The normalized spacial score (nSPS) is 13.7. The topological polar surface area (TPSA) is 84.9 Å². The van der Waals surface area contributed by atoms with E-state index in [4.69, 9.17) is 0 Å². The number of nitrogens with one attached hydrogen (secondary N) is 2.